The predicted octanol–water partition coefficient (Wildman–Crippen LogP) is 2.94. The van der Waals surface area contributed by atoms with Crippen molar-refractivity contribution in [3.05, 3.63) is 32.9 Å². The van der Waals surface area contributed by atoms with Gasteiger partial charge in [0.1, 0.15) is 11.6 Å². The standard InChI is InChI=1S/C10H9F2IO/c11-6-2-3-7(13)9(12)8(6)10(14)4-1-5-10/h2-3,14H,1,4-5H2. The van der Waals surface area contributed by atoms with Gasteiger partial charge in [-0.25, -0.2) is 8.78 Å². The van der Waals surface area contributed by atoms with Gasteiger partial charge in [0, 0.05) is 3.57 Å². The lowest BCUT2D eigenvalue weighted by Gasteiger charge is -2.37. The van der Waals surface area contributed by atoms with Gasteiger partial charge in [0.05, 0.1) is 11.2 Å². The molecule has 0 saturated heterocycles. The number of hydrogen-bond acceptors (Lipinski definition) is 1. The second-order valence-electron chi connectivity index (χ2n) is 3.60. The Labute approximate surface area is 94.3 Å². The van der Waals surface area contributed by atoms with Crippen molar-refractivity contribution in [1.29, 1.82) is 0 Å². The van der Waals surface area contributed by atoms with Gasteiger partial charge in [-0.3, -0.25) is 0 Å². The van der Waals surface area contributed by atoms with Gasteiger partial charge in [-0.15, -0.1) is 0 Å². The van der Waals surface area contributed by atoms with Gasteiger partial charge in [-0.05, 0) is 54.0 Å². The molecule has 1 fully saturated rings. The van der Waals surface area contributed by atoms with Crippen LogP contribution in [0.5, 0.6) is 0 Å². The Balaban J connectivity index is 2.56. The molecule has 0 aliphatic heterocycles. The van der Waals surface area contributed by atoms with Crippen LogP contribution in [0.2, 0.25) is 0 Å². The summed E-state index contributed by atoms with van der Waals surface area (Å²) < 4.78 is 27.3. The van der Waals surface area contributed by atoms with Crippen molar-refractivity contribution in [2.75, 3.05) is 0 Å². The van der Waals surface area contributed by atoms with Crippen LogP contribution < -0.4 is 0 Å². The Morgan fingerprint density at radius 1 is 1.29 bits per heavy atom. The first kappa shape index (κ1) is 10.3. The lowest BCUT2D eigenvalue weighted by Crippen LogP contribution is -2.36. The maximum absolute atomic E-state index is 13.6. The fraction of sp³-hybridized carbons (Fsp3) is 0.400. The zero-order valence-corrected chi connectivity index (χ0v) is 9.51. The van der Waals surface area contributed by atoms with E-state index in [1.54, 1.807) is 22.6 Å². The van der Waals surface area contributed by atoms with Gasteiger partial charge in [0.25, 0.3) is 0 Å². The predicted molar refractivity (Wildman–Crippen MR) is 56.8 cm³/mol. The molecule has 0 atom stereocenters. The number of benzene rings is 1. The summed E-state index contributed by atoms with van der Waals surface area (Å²) >= 11 is 1.79. The fourth-order valence-electron chi connectivity index (χ4n) is 1.72. The van der Waals surface area contributed by atoms with Crippen molar-refractivity contribution in [2.24, 2.45) is 0 Å². The fourth-order valence-corrected chi connectivity index (χ4v) is 2.16. The average molecular weight is 310 g/mol. The highest BCUT2D eigenvalue weighted by atomic mass is 127. The van der Waals surface area contributed by atoms with E-state index in [9.17, 15) is 13.9 Å². The third kappa shape index (κ3) is 1.44. The maximum atomic E-state index is 13.6. The maximum Gasteiger partial charge on any atom is 0.145 e. The summed E-state index contributed by atoms with van der Waals surface area (Å²) in [6.07, 6.45) is 1.71. The van der Waals surface area contributed by atoms with Crippen molar-refractivity contribution in [2.45, 2.75) is 24.9 Å². The number of rotatable bonds is 1. The monoisotopic (exact) mass is 310 g/mol. The molecule has 1 aromatic carbocycles. The highest BCUT2D eigenvalue weighted by molar-refractivity contribution is 14.1. The first-order valence-corrected chi connectivity index (χ1v) is 5.49. The van der Waals surface area contributed by atoms with Gasteiger partial charge >= 0.3 is 0 Å². The summed E-state index contributed by atoms with van der Waals surface area (Å²) in [5, 5.41) is 9.88. The molecular weight excluding hydrogens is 301 g/mol. The van der Waals surface area contributed by atoms with Crippen LogP contribution in [-0.2, 0) is 5.60 Å². The Hall–Kier alpha value is -0.230. The van der Waals surface area contributed by atoms with E-state index >= 15 is 0 Å². The normalized spacial score (nSPS) is 19.1. The minimum Gasteiger partial charge on any atom is -0.385 e. The van der Waals surface area contributed by atoms with Crippen LogP contribution >= 0.6 is 22.6 Å². The zero-order chi connectivity index (χ0) is 10.3. The van der Waals surface area contributed by atoms with Gasteiger partial charge in [0.15, 0.2) is 0 Å². The lowest BCUT2D eigenvalue weighted by atomic mass is 9.75. The van der Waals surface area contributed by atoms with Crippen LogP contribution in [-0.4, -0.2) is 5.11 Å². The molecule has 1 aromatic rings. The van der Waals surface area contributed by atoms with Crippen molar-refractivity contribution in [3.8, 4) is 0 Å². The van der Waals surface area contributed by atoms with Crippen LogP contribution in [0.25, 0.3) is 0 Å². The Bertz CT molecular complexity index is 375. The number of halogens is 3. The van der Waals surface area contributed by atoms with E-state index in [1.807, 2.05) is 0 Å². The zero-order valence-electron chi connectivity index (χ0n) is 7.36. The van der Waals surface area contributed by atoms with Gasteiger partial charge < -0.3 is 5.11 Å². The SMILES string of the molecule is OC1(c2c(F)ccc(I)c2F)CCC1. The van der Waals surface area contributed by atoms with Crippen LogP contribution in [0.1, 0.15) is 24.8 Å². The second kappa shape index (κ2) is 3.41. The molecular formula is C10H9F2IO. The van der Waals surface area contributed by atoms with E-state index in [0.29, 0.717) is 16.4 Å². The molecule has 0 bridgehead atoms. The number of aliphatic hydroxyl groups is 1. The molecule has 0 aromatic heterocycles. The van der Waals surface area contributed by atoms with Gasteiger partial charge in [-0.2, -0.15) is 0 Å². The van der Waals surface area contributed by atoms with E-state index in [4.69, 9.17) is 0 Å². The Kier molecular flexibility index (Phi) is 2.51. The van der Waals surface area contributed by atoms with Crippen molar-refractivity contribution in [3.63, 3.8) is 0 Å². The molecule has 1 saturated carbocycles. The molecule has 14 heavy (non-hydrogen) atoms. The summed E-state index contributed by atoms with van der Waals surface area (Å²) in [7, 11) is 0. The van der Waals surface area contributed by atoms with Gasteiger partial charge in [0.2, 0.25) is 0 Å². The largest absolute Gasteiger partial charge is 0.385 e. The topological polar surface area (TPSA) is 20.2 Å². The molecule has 1 aliphatic carbocycles. The lowest BCUT2D eigenvalue weighted by molar-refractivity contribution is -0.0447. The molecule has 0 radical (unpaired) electrons. The highest BCUT2D eigenvalue weighted by Gasteiger charge is 2.41. The average Bonchev–Trinajstić information content (AvgIpc) is 2.09. The quantitative estimate of drug-likeness (QED) is 0.625. The van der Waals surface area contributed by atoms with E-state index in [2.05, 4.69) is 0 Å². The Morgan fingerprint density at radius 2 is 1.93 bits per heavy atom. The molecule has 1 aliphatic rings. The summed E-state index contributed by atoms with van der Waals surface area (Å²) in [5.41, 5.74) is -1.43. The summed E-state index contributed by atoms with van der Waals surface area (Å²) in [5.74, 6) is -1.27. The first-order valence-electron chi connectivity index (χ1n) is 4.41. The van der Waals surface area contributed by atoms with E-state index in [1.165, 1.54) is 12.1 Å². The van der Waals surface area contributed by atoms with Crippen molar-refractivity contribution < 1.29 is 13.9 Å². The third-order valence-corrected chi connectivity index (χ3v) is 3.52. The van der Waals surface area contributed by atoms with Crippen LogP contribution in [0.3, 0.4) is 0 Å². The van der Waals surface area contributed by atoms with E-state index in [0.717, 1.165) is 6.42 Å². The van der Waals surface area contributed by atoms with Crippen LogP contribution in [0.15, 0.2) is 12.1 Å². The molecule has 0 heterocycles. The minimum atomic E-state index is -1.27. The molecule has 1 nitrogen and oxygen atoms in total. The summed E-state index contributed by atoms with van der Waals surface area (Å²) in [4.78, 5) is 0. The molecule has 0 spiro atoms. The summed E-state index contributed by atoms with van der Waals surface area (Å²) in [6, 6.07) is 2.58. The first-order chi connectivity index (χ1) is 6.54. The molecule has 76 valence electrons. The number of hydrogen-bond donors (Lipinski definition) is 1. The highest BCUT2D eigenvalue weighted by Crippen LogP contribution is 2.43. The van der Waals surface area contributed by atoms with Gasteiger partial charge in [-0.1, -0.05) is 0 Å². The molecule has 0 amide bonds. The molecule has 4 heteroatoms. The molecule has 0 unspecified atom stereocenters. The molecule has 1 N–H and O–H groups in total. The van der Waals surface area contributed by atoms with Crippen molar-refractivity contribution >= 4 is 22.6 Å². The van der Waals surface area contributed by atoms with E-state index < -0.39 is 17.2 Å². The van der Waals surface area contributed by atoms with Crippen LogP contribution in [0, 0.1) is 15.2 Å². The second-order valence-corrected chi connectivity index (χ2v) is 4.77. The minimum absolute atomic E-state index is 0.157. The molecule has 2 rings (SSSR count). The smallest absolute Gasteiger partial charge is 0.145 e. The van der Waals surface area contributed by atoms with E-state index in [-0.39, 0.29) is 5.56 Å². The summed E-state index contributed by atoms with van der Waals surface area (Å²) in [6.45, 7) is 0. The van der Waals surface area contributed by atoms with Crippen molar-refractivity contribution in [1.82, 2.24) is 0 Å². The van der Waals surface area contributed by atoms with Crippen LogP contribution in [0.4, 0.5) is 8.78 Å². The Morgan fingerprint density at radius 3 is 2.43 bits per heavy atom. The third-order valence-electron chi connectivity index (χ3n) is 2.69.